The Hall–Kier alpha value is -2.42. The van der Waals surface area contributed by atoms with Crippen molar-refractivity contribution in [3.05, 3.63) is 59.9 Å². The molecule has 2 heterocycles. The normalized spacial score (nSPS) is 10.7. The average Bonchev–Trinajstić information content (AvgIpc) is 2.83. The van der Waals surface area contributed by atoms with Crippen LogP contribution in [-0.4, -0.2) is 15.7 Å². The topological polar surface area (TPSA) is 34.4 Å². The lowest BCUT2D eigenvalue weighted by Gasteiger charge is -2.06. The quantitative estimate of drug-likeness (QED) is 0.641. The Balaban J connectivity index is 2.37. The third kappa shape index (κ3) is 1.52. The van der Waals surface area contributed by atoms with Gasteiger partial charge in [0.15, 0.2) is 6.29 Å². The average molecular weight is 236 g/mol. The van der Waals surface area contributed by atoms with Crippen LogP contribution in [0.25, 0.3) is 16.9 Å². The van der Waals surface area contributed by atoms with E-state index in [1.807, 2.05) is 47.7 Å². The van der Waals surface area contributed by atoms with Crippen LogP contribution in [0, 0.1) is 6.92 Å². The fourth-order valence-corrected chi connectivity index (χ4v) is 2.18. The molecule has 0 atom stereocenters. The molecular formula is C15H12N2O. The van der Waals surface area contributed by atoms with E-state index in [2.05, 4.69) is 4.98 Å². The van der Waals surface area contributed by atoms with Crippen LogP contribution < -0.4 is 0 Å². The van der Waals surface area contributed by atoms with Crippen molar-refractivity contribution < 1.29 is 4.79 Å². The third-order valence-corrected chi connectivity index (χ3v) is 3.09. The molecule has 0 saturated carbocycles. The smallest absolute Gasteiger partial charge is 0.166 e. The van der Waals surface area contributed by atoms with Crippen molar-refractivity contribution in [1.82, 2.24) is 9.38 Å². The van der Waals surface area contributed by atoms with Crippen molar-refractivity contribution in [3.8, 4) is 11.4 Å². The van der Waals surface area contributed by atoms with Gasteiger partial charge in [-0.3, -0.25) is 9.20 Å². The second kappa shape index (κ2) is 4.11. The molecule has 0 aliphatic heterocycles. The van der Waals surface area contributed by atoms with Crippen molar-refractivity contribution >= 4 is 11.8 Å². The van der Waals surface area contributed by atoms with Gasteiger partial charge in [0.2, 0.25) is 0 Å². The Labute approximate surface area is 105 Å². The molecule has 2 aromatic heterocycles. The molecule has 3 heteroatoms. The monoisotopic (exact) mass is 236 g/mol. The van der Waals surface area contributed by atoms with Crippen LogP contribution in [0.5, 0.6) is 0 Å². The van der Waals surface area contributed by atoms with Crippen molar-refractivity contribution in [3.63, 3.8) is 0 Å². The van der Waals surface area contributed by atoms with Gasteiger partial charge in [-0.15, -0.1) is 0 Å². The molecule has 0 spiro atoms. The summed E-state index contributed by atoms with van der Waals surface area (Å²) in [4.78, 5) is 15.6. The minimum absolute atomic E-state index is 0.614. The first-order chi connectivity index (χ1) is 8.81. The first-order valence-corrected chi connectivity index (χ1v) is 5.79. The Morgan fingerprint density at radius 2 is 1.94 bits per heavy atom. The number of aryl methyl sites for hydroxylation is 1. The summed E-state index contributed by atoms with van der Waals surface area (Å²) in [7, 11) is 0. The van der Waals surface area contributed by atoms with Crippen LogP contribution in [0.4, 0.5) is 0 Å². The summed E-state index contributed by atoms with van der Waals surface area (Å²) in [5.41, 5.74) is 3.73. The number of hydrogen-bond acceptors (Lipinski definition) is 2. The minimum atomic E-state index is 0.614. The molecule has 1 aromatic carbocycles. The predicted molar refractivity (Wildman–Crippen MR) is 70.8 cm³/mol. The highest BCUT2D eigenvalue weighted by Gasteiger charge is 2.10. The van der Waals surface area contributed by atoms with Gasteiger partial charge in [-0.25, -0.2) is 4.98 Å². The lowest BCUT2D eigenvalue weighted by molar-refractivity contribution is 0.111. The van der Waals surface area contributed by atoms with Crippen molar-refractivity contribution in [2.24, 2.45) is 0 Å². The molecule has 3 aromatic rings. The van der Waals surface area contributed by atoms with Gasteiger partial charge < -0.3 is 0 Å². The summed E-state index contributed by atoms with van der Waals surface area (Å²) < 4.78 is 1.88. The molecule has 0 saturated heterocycles. The number of carbonyl (C=O) groups is 1. The summed E-state index contributed by atoms with van der Waals surface area (Å²) in [6.07, 6.45) is 2.64. The van der Waals surface area contributed by atoms with E-state index in [9.17, 15) is 4.79 Å². The van der Waals surface area contributed by atoms with Crippen LogP contribution in [0.15, 0.2) is 48.7 Å². The molecule has 18 heavy (non-hydrogen) atoms. The summed E-state index contributed by atoms with van der Waals surface area (Å²) in [6, 6.07) is 13.6. The molecule has 0 aliphatic carbocycles. The molecule has 0 unspecified atom stereocenters. The summed E-state index contributed by atoms with van der Waals surface area (Å²) in [5.74, 6) is 0.811. The lowest BCUT2D eigenvalue weighted by atomic mass is 10.1. The number of hydrogen-bond donors (Lipinski definition) is 0. The van der Waals surface area contributed by atoms with Crippen LogP contribution in [-0.2, 0) is 0 Å². The second-order valence-electron chi connectivity index (χ2n) is 4.23. The van der Waals surface area contributed by atoms with Gasteiger partial charge in [-0.2, -0.15) is 0 Å². The molecule has 0 fully saturated rings. The largest absolute Gasteiger partial charge is 0.296 e. The molecule has 88 valence electrons. The van der Waals surface area contributed by atoms with Crippen LogP contribution in [0.3, 0.4) is 0 Å². The molecule has 0 bridgehead atoms. The number of benzene rings is 1. The maximum Gasteiger partial charge on any atom is 0.166 e. The van der Waals surface area contributed by atoms with Gasteiger partial charge in [0.05, 0.1) is 17.4 Å². The zero-order valence-electron chi connectivity index (χ0n) is 10.00. The first-order valence-electron chi connectivity index (χ1n) is 5.79. The predicted octanol–water partition coefficient (Wildman–Crippen LogP) is 3.12. The first kappa shape index (κ1) is 10.7. The van der Waals surface area contributed by atoms with E-state index in [-0.39, 0.29) is 0 Å². The summed E-state index contributed by atoms with van der Waals surface area (Å²) in [5, 5.41) is 0. The van der Waals surface area contributed by atoms with Gasteiger partial charge in [-0.05, 0) is 24.6 Å². The van der Waals surface area contributed by atoms with E-state index in [0.717, 1.165) is 28.8 Å². The molecule has 3 rings (SSSR count). The number of aromatic nitrogens is 2. The number of carbonyl (C=O) groups excluding carboxylic acids is 1. The zero-order chi connectivity index (χ0) is 12.5. The van der Waals surface area contributed by atoms with Crippen LogP contribution >= 0.6 is 0 Å². The summed E-state index contributed by atoms with van der Waals surface area (Å²) >= 11 is 0. The molecule has 0 amide bonds. The maximum absolute atomic E-state index is 11.1. The Bertz CT molecular complexity index is 728. The number of rotatable bonds is 2. The standard InChI is InChI=1S/C15H12N2O/c1-11-5-2-3-8-14(11)15-16-9-12-6-4-7-13(10-18)17(12)15/h2-10H,1H3. The van der Waals surface area contributed by atoms with Gasteiger partial charge in [0, 0.05) is 5.56 Å². The van der Waals surface area contributed by atoms with Gasteiger partial charge >= 0.3 is 0 Å². The highest BCUT2D eigenvalue weighted by atomic mass is 16.1. The number of imidazole rings is 1. The highest BCUT2D eigenvalue weighted by Crippen LogP contribution is 2.23. The summed E-state index contributed by atoms with van der Waals surface area (Å²) in [6.45, 7) is 2.04. The number of fused-ring (bicyclic) bond motifs is 1. The fourth-order valence-electron chi connectivity index (χ4n) is 2.18. The van der Waals surface area contributed by atoms with Crippen LogP contribution in [0.1, 0.15) is 16.1 Å². The Kier molecular flexibility index (Phi) is 2.45. The molecule has 0 radical (unpaired) electrons. The Morgan fingerprint density at radius 3 is 2.72 bits per heavy atom. The van der Waals surface area contributed by atoms with Gasteiger partial charge in [0.1, 0.15) is 5.82 Å². The molecular weight excluding hydrogens is 224 g/mol. The van der Waals surface area contributed by atoms with E-state index < -0.39 is 0 Å². The zero-order valence-corrected chi connectivity index (χ0v) is 10.00. The molecule has 3 nitrogen and oxygen atoms in total. The SMILES string of the molecule is Cc1ccccc1-c1ncc2cccc(C=O)n12. The van der Waals surface area contributed by atoms with E-state index in [1.54, 1.807) is 12.3 Å². The van der Waals surface area contributed by atoms with E-state index in [1.165, 1.54) is 0 Å². The van der Waals surface area contributed by atoms with Crippen LogP contribution in [0.2, 0.25) is 0 Å². The van der Waals surface area contributed by atoms with Crippen molar-refractivity contribution in [1.29, 1.82) is 0 Å². The van der Waals surface area contributed by atoms with Gasteiger partial charge in [0.25, 0.3) is 0 Å². The van der Waals surface area contributed by atoms with E-state index in [0.29, 0.717) is 5.69 Å². The van der Waals surface area contributed by atoms with E-state index in [4.69, 9.17) is 0 Å². The van der Waals surface area contributed by atoms with Crippen molar-refractivity contribution in [2.75, 3.05) is 0 Å². The lowest BCUT2D eigenvalue weighted by Crippen LogP contribution is -1.98. The number of pyridine rings is 1. The van der Waals surface area contributed by atoms with Gasteiger partial charge in [-0.1, -0.05) is 30.3 Å². The Morgan fingerprint density at radius 1 is 1.11 bits per heavy atom. The van der Waals surface area contributed by atoms with Crippen molar-refractivity contribution in [2.45, 2.75) is 6.92 Å². The third-order valence-electron chi connectivity index (χ3n) is 3.09. The molecule has 0 aliphatic rings. The van der Waals surface area contributed by atoms with E-state index >= 15 is 0 Å². The second-order valence-corrected chi connectivity index (χ2v) is 4.23. The fraction of sp³-hybridized carbons (Fsp3) is 0.0667. The number of nitrogens with zero attached hydrogens (tertiary/aromatic N) is 2. The highest BCUT2D eigenvalue weighted by molar-refractivity contribution is 5.77. The number of aldehydes is 1. The molecule has 0 N–H and O–H groups in total. The maximum atomic E-state index is 11.1. The minimum Gasteiger partial charge on any atom is -0.296 e.